The van der Waals surface area contributed by atoms with Crippen molar-refractivity contribution < 1.29 is 4.79 Å². The molecular weight excluding hydrogens is 480 g/mol. The van der Waals surface area contributed by atoms with E-state index in [1.165, 1.54) is 0 Å². The summed E-state index contributed by atoms with van der Waals surface area (Å²) >= 11 is 3.46. The normalized spacial score (nSPS) is 12.0. The number of unbranched alkanes of at least 4 members (excludes halogenated alkanes) is 3. The van der Waals surface area contributed by atoms with Crippen molar-refractivity contribution in [3.63, 3.8) is 0 Å². The van der Waals surface area contributed by atoms with Crippen LogP contribution < -0.4 is 10.9 Å². The van der Waals surface area contributed by atoms with Gasteiger partial charge in [-0.2, -0.15) is 0 Å². The average molecular weight is 513 g/mol. The Balaban J connectivity index is 2.01. The van der Waals surface area contributed by atoms with Crippen LogP contribution in [0.3, 0.4) is 0 Å². The van der Waals surface area contributed by atoms with Crippen molar-refractivity contribution in [1.82, 2.24) is 14.5 Å². The van der Waals surface area contributed by atoms with Gasteiger partial charge >= 0.3 is 6.03 Å². The Morgan fingerprint density at radius 3 is 2.58 bits per heavy atom. The molecule has 0 spiro atoms. The number of carbonyl (C=O) groups is 1. The summed E-state index contributed by atoms with van der Waals surface area (Å²) in [7, 11) is 0. The van der Waals surface area contributed by atoms with E-state index in [1.807, 2.05) is 67.3 Å². The molecule has 0 saturated carbocycles. The van der Waals surface area contributed by atoms with Gasteiger partial charge in [-0.15, -0.1) is 0 Å². The standard InChI is InChI=1S/C26H33BrN4O2/c1-4-7-8-11-17-31(26(33)28-20-14-12-13-19(27)18-20)23(5-2)24-29-22-16-10-9-15-21(22)25(32)30(24)6-3/h9-10,12-16,18,23H,4-8,11,17H2,1-3H3,(H,28,33). The molecule has 3 aromatic rings. The lowest BCUT2D eigenvalue weighted by atomic mass is 10.1. The van der Waals surface area contributed by atoms with Crippen molar-refractivity contribution in [3.8, 4) is 0 Å². The first kappa shape index (κ1) is 25.0. The second kappa shape index (κ2) is 12.0. The van der Waals surface area contributed by atoms with Gasteiger partial charge in [0.25, 0.3) is 5.56 Å². The number of nitrogens with one attached hydrogen (secondary N) is 1. The molecule has 6 nitrogen and oxygen atoms in total. The van der Waals surface area contributed by atoms with Crippen LogP contribution in [0.5, 0.6) is 0 Å². The fourth-order valence-electron chi connectivity index (χ4n) is 4.16. The second-order valence-electron chi connectivity index (χ2n) is 8.16. The predicted molar refractivity (Wildman–Crippen MR) is 139 cm³/mol. The van der Waals surface area contributed by atoms with Crippen LogP contribution in [-0.2, 0) is 6.54 Å². The Hall–Kier alpha value is -2.67. The Morgan fingerprint density at radius 1 is 1.09 bits per heavy atom. The highest BCUT2D eigenvalue weighted by atomic mass is 79.9. The third-order valence-electron chi connectivity index (χ3n) is 5.86. The molecule has 1 unspecified atom stereocenters. The molecule has 0 saturated heterocycles. The SMILES string of the molecule is CCCCCCN(C(=O)Nc1cccc(Br)c1)C(CC)c1nc2ccccc2c(=O)n1CC. The van der Waals surface area contributed by atoms with E-state index in [9.17, 15) is 9.59 Å². The van der Waals surface area contributed by atoms with E-state index in [-0.39, 0.29) is 17.6 Å². The quantitative estimate of drug-likeness (QED) is 0.305. The van der Waals surface area contributed by atoms with E-state index in [0.29, 0.717) is 36.2 Å². The van der Waals surface area contributed by atoms with Gasteiger partial charge in [-0.3, -0.25) is 9.36 Å². The molecule has 3 rings (SSSR count). The molecule has 33 heavy (non-hydrogen) atoms. The van der Waals surface area contributed by atoms with Crippen molar-refractivity contribution in [1.29, 1.82) is 0 Å². The van der Waals surface area contributed by atoms with Crippen LogP contribution in [0.1, 0.15) is 64.7 Å². The van der Waals surface area contributed by atoms with Gasteiger partial charge in [0.05, 0.1) is 16.9 Å². The van der Waals surface area contributed by atoms with Crippen LogP contribution >= 0.6 is 15.9 Å². The molecule has 7 heteroatoms. The zero-order valence-corrected chi connectivity index (χ0v) is 21.3. The smallest absolute Gasteiger partial charge is 0.314 e. The van der Waals surface area contributed by atoms with E-state index in [1.54, 1.807) is 4.57 Å². The molecule has 1 aromatic heterocycles. The second-order valence-corrected chi connectivity index (χ2v) is 9.07. The molecule has 1 heterocycles. The summed E-state index contributed by atoms with van der Waals surface area (Å²) in [5, 5.41) is 3.64. The van der Waals surface area contributed by atoms with E-state index >= 15 is 0 Å². The maximum absolute atomic E-state index is 13.5. The fraction of sp³-hybridized carbons (Fsp3) is 0.423. The van der Waals surface area contributed by atoms with Crippen LogP contribution in [0, 0.1) is 0 Å². The minimum absolute atomic E-state index is 0.0603. The molecule has 2 aromatic carbocycles. The summed E-state index contributed by atoms with van der Waals surface area (Å²) in [5.74, 6) is 0.642. The number of aromatic nitrogens is 2. The van der Waals surface area contributed by atoms with Crippen molar-refractivity contribution in [2.45, 2.75) is 65.5 Å². The number of anilines is 1. The Kier molecular flexibility index (Phi) is 9.06. The Labute approximate surface area is 204 Å². The molecule has 0 radical (unpaired) electrons. The number of rotatable bonds is 10. The monoisotopic (exact) mass is 512 g/mol. The molecular formula is C26H33BrN4O2. The summed E-state index contributed by atoms with van der Waals surface area (Å²) in [6.45, 7) is 7.26. The molecule has 0 aliphatic rings. The highest BCUT2D eigenvalue weighted by molar-refractivity contribution is 9.10. The first-order chi connectivity index (χ1) is 16.0. The number of fused-ring (bicyclic) bond motifs is 1. The summed E-state index contributed by atoms with van der Waals surface area (Å²) in [6, 6.07) is 14.5. The number of para-hydroxylation sites is 1. The van der Waals surface area contributed by atoms with Gasteiger partial charge in [0.15, 0.2) is 0 Å². The molecule has 0 fully saturated rings. The maximum Gasteiger partial charge on any atom is 0.322 e. The highest BCUT2D eigenvalue weighted by Gasteiger charge is 2.28. The Bertz CT molecular complexity index is 1140. The molecule has 176 valence electrons. The third-order valence-corrected chi connectivity index (χ3v) is 6.35. The summed E-state index contributed by atoms with van der Waals surface area (Å²) in [5.41, 5.74) is 1.33. The first-order valence-corrected chi connectivity index (χ1v) is 12.6. The Morgan fingerprint density at radius 2 is 1.88 bits per heavy atom. The number of benzene rings is 2. The van der Waals surface area contributed by atoms with Crippen LogP contribution in [0.25, 0.3) is 10.9 Å². The largest absolute Gasteiger partial charge is 0.322 e. The maximum atomic E-state index is 13.5. The third kappa shape index (κ3) is 6.02. The fourth-order valence-corrected chi connectivity index (χ4v) is 4.56. The number of halogens is 1. The van der Waals surface area contributed by atoms with Crippen LogP contribution in [-0.4, -0.2) is 27.0 Å². The number of hydrogen-bond acceptors (Lipinski definition) is 3. The van der Waals surface area contributed by atoms with Gasteiger partial charge in [-0.25, -0.2) is 9.78 Å². The van der Waals surface area contributed by atoms with E-state index in [0.717, 1.165) is 35.8 Å². The minimum Gasteiger partial charge on any atom is -0.314 e. The minimum atomic E-state index is -0.309. The van der Waals surface area contributed by atoms with Crippen LogP contribution in [0.4, 0.5) is 10.5 Å². The molecule has 0 aliphatic carbocycles. The molecule has 0 bridgehead atoms. The summed E-state index contributed by atoms with van der Waals surface area (Å²) < 4.78 is 2.61. The van der Waals surface area contributed by atoms with Gasteiger partial charge < -0.3 is 10.2 Å². The molecule has 2 amide bonds. The highest BCUT2D eigenvalue weighted by Crippen LogP contribution is 2.26. The van der Waals surface area contributed by atoms with Crippen molar-refractivity contribution in [3.05, 3.63) is 69.2 Å². The predicted octanol–water partition coefficient (Wildman–Crippen LogP) is 6.74. The van der Waals surface area contributed by atoms with Crippen molar-refractivity contribution >= 4 is 38.6 Å². The van der Waals surface area contributed by atoms with Gasteiger partial charge in [-0.05, 0) is 50.1 Å². The zero-order chi connectivity index (χ0) is 23.8. The van der Waals surface area contributed by atoms with E-state index in [4.69, 9.17) is 4.98 Å². The average Bonchev–Trinajstić information content (AvgIpc) is 2.81. The zero-order valence-electron chi connectivity index (χ0n) is 19.7. The first-order valence-electron chi connectivity index (χ1n) is 11.8. The lowest BCUT2D eigenvalue weighted by Crippen LogP contribution is -2.41. The molecule has 1 atom stereocenters. The number of nitrogens with zero attached hydrogens (tertiary/aromatic N) is 3. The van der Waals surface area contributed by atoms with Gasteiger partial charge in [0.2, 0.25) is 0 Å². The summed E-state index contributed by atoms with van der Waals surface area (Å²) in [4.78, 5) is 33.4. The molecule has 1 N–H and O–H groups in total. The number of amides is 2. The number of urea groups is 1. The number of carbonyl (C=O) groups excluding carboxylic acids is 1. The lowest BCUT2D eigenvalue weighted by Gasteiger charge is -2.32. The van der Waals surface area contributed by atoms with Gasteiger partial charge in [0, 0.05) is 23.2 Å². The van der Waals surface area contributed by atoms with Gasteiger partial charge in [0.1, 0.15) is 5.82 Å². The summed E-state index contributed by atoms with van der Waals surface area (Å²) in [6.07, 6.45) is 4.87. The lowest BCUT2D eigenvalue weighted by molar-refractivity contribution is 0.178. The van der Waals surface area contributed by atoms with Gasteiger partial charge in [-0.1, -0.05) is 67.2 Å². The van der Waals surface area contributed by atoms with Crippen LogP contribution in [0.2, 0.25) is 0 Å². The van der Waals surface area contributed by atoms with Crippen molar-refractivity contribution in [2.24, 2.45) is 0 Å². The van der Waals surface area contributed by atoms with E-state index in [2.05, 4.69) is 28.2 Å². The topological polar surface area (TPSA) is 67.2 Å². The number of hydrogen-bond donors (Lipinski definition) is 1. The van der Waals surface area contributed by atoms with Crippen LogP contribution in [0.15, 0.2) is 57.8 Å². The van der Waals surface area contributed by atoms with E-state index < -0.39 is 0 Å². The molecule has 0 aliphatic heterocycles. The van der Waals surface area contributed by atoms with Crippen molar-refractivity contribution in [2.75, 3.05) is 11.9 Å².